The maximum absolute atomic E-state index is 4.41. The van der Waals surface area contributed by atoms with Crippen LogP contribution >= 0.6 is 11.3 Å². The van der Waals surface area contributed by atoms with E-state index in [9.17, 15) is 0 Å². The molecule has 0 fully saturated rings. The molecule has 5 nitrogen and oxygen atoms in total. The zero-order valence-electron chi connectivity index (χ0n) is 11.5. The van der Waals surface area contributed by atoms with E-state index in [1.54, 1.807) is 17.5 Å². The zero-order valence-corrected chi connectivity index (χ0v) is 12.3. The van der Waals surface area contributed by atoms with Crippen LogP contribution in [0.15, 0.2) is 65.5 Å². The van der Waals surface area contributed by atoms with Crippen LogP contribution in [0.3, 0.4) is 0 Å². The lowest BCUT2D eigenvalue weighted by Crippen LogP contribution is -1.99. The fourth-order valence-electron chi connectivity index (χ4n) is 2.16. The summed E-state index contributed by atoms with van der Waals surface area (Å²) in [6.45, 7) is 0. The van der Waals surface area contributed by atoms with Crippen molar-refractivity contribution in [3.05, 3.63) is 65.5 Å². The minimum atomic E-state index is 0.515. The van der Waals surface area contributed by atoms with Gasteiger partial charge >= 0.3 is 0 Å². The van der Waals surface area contributed by atoms with E-state index in [1.807, 2.05) is 36.4 Å². The van der Waals surface area contributed by atoms with E-state index in [1.165, 1.54) is 10.4 Å². The van der Waals surface area contributed by atoms with E-state index in [0.717, 1.165) is 11.3 Å². The SMILES string of the molecule is c1ccc(-c2nnn(-c3cccc(-c4ccsc4)c3)n2)nc1. The van der Waals surface area contributed by atoms with Gasteiger partial charge in [0.05, 0.1) is 5.69 Å². The molecule has 0 atom stereocenters. The number of rotatable bonds is 3. The van der Waals surface area contributed by atoms with Crippen molar-refractivity contribution < 1.29 is 0 Å². The fraction of sp³-hybridized carbons (Fsp3) is 0. The van der Waals surface area contributed by atoms with Gasteiger partial charge in [0.15, 0.2) is 0 Å². The monoisotopic (exact) mass is 305 g/mol. The summed E-state index contributed by atoms with van der Waals surface area (Å²) in [5.74, 6) is 0.515. The maximum atomic E-state index is 4.41. The predicted octanol–water partition coefficient (Wildman–Crippen LogP) is 3.45. The van der Waals surface area contributed by atoms with Gasteiger partial charge in [-0.1, -0.05) is 18.2 Å². The van der Waals surface area contributed by atoms with Crippen molar-refractivity contribution in [3.63, 3.8) is 0 Å². The van der Waals surface area contributed by atoms with Crippen molar-refractivity contribution in [2.75, 3.05) is 0 Å². The number of pyridine rings is 1. The molecule has 0 N–H and O–H groups in total. The van der Waals surface area contributed by atoms with Gasteiger partial charge in [-0.05, 0) is 57.4 Å². The lowest BCUT2D eigenvalue weighted by molar-refractivity contribution is 0.720. The van der Waals surface area contributed by atoms with Gasteiger partial charge in [0.1, 0.15) is 5.69 Å². The molecule has 0 aliphatic rings. The molecule has 1 aromatic carbocycles. The third-order valence-corrected chi connectivity index (χ3v) is 3.92. The quantitative estimate of drug-likeness (QED) is 0.581. The second-order valence-corrected chi connectivity index (χ2v) is 5.46. The largest absolute Gasteiger partial charge is 0.253 e. The van der Waals surface area contributed by atoms with Crippen LogP contribution in [0.25, 0.3) is 28.3 Å². The molecule has 4 aromatic rings. The molecule has 0 unspecified atom stereocenters. The highest BCUT2D eigenvalue weighted by Crippen LogP contribution is 2.24. The van der Waals surface area contributed by atoms with Crippen LogP contribution in [0.4, 0.5) is 0 Å². The molecule has 0 spiro atoms. The van der Waals surface area contributed by atoms with Crippen molar-refractivity contribution >= 4 is 11.3 Å². The van der Waals surface area contributed by atoms with Gasteiger partial charge in [-0.15, -0.1) is 15.0 Å². The van der Waals surface area contributed by atoms with Crippen molar-refractivity contribution in [1.82, 2.24) is 25.2 Å². The molecular formula is C16H11N5S. The third kappa shape index (κ3) is 2.40. The van der Waals surface area contributed by atoms with Gasteiger partial charge < -0.3 is 0 Å². The predicted molar refractivity (Wildman–Crippen MR) is 85.7 cm³/mol. The summed E-state index contributed by atoms with van der Waals surface area (Å²) in [5.41, 5.74) is 3.91. The Morgan fingerprint density at radius 2 is 1.95 bits per heavy atom. The molecule has 106 valence electrons. The van der Waals surface area contributed by atoms with Crippen LogP contribution in [0.5, 0.6) is 0 Å². The Balaban J connectivity index is 1.71. The number of aromatic nitrogens is 5. The van der Waals surface area contributed by atoms with Gasteiger partial charge in [0, 0.05) is 6.20 Å². The maximum Gasteiger partial charge on any atom is 0.223 e. The molecule has 0 amide bonds. The fourth-order valence-corrected chi connectivity index (χ4v) is 2.82. The molecule has 22 heavy (non-hydrogen) atoms. The molecule has 0 aliphatic heterocycles. The summed E-state index contributed by atoms with van der Waals surface area (Å²) >= 11 is 1.68. The van der Waals surface area contributed by atoms with E-state index < -0.39 is 0 Å². The normalized spacial score (nSPS) is 10.7. The number of nitrogens with zero attached hydrogens (tertiary/aromatic N) is 5. The van der Waals surface area contributed by atoms with Gasteiger partial charge in [-0.2, -0.15) is 11.3 Å². The summed E-state index contributed by atoms with van der Waals surface area (Å²) < 4.78 is 0. The highest BCUT2D eigenvalue weighted by Gasteiger charge is 2.08. The number of benzene rings is 1. The van der Waals surface area contributed by atoms with Crippen molar-refractivity contribution in [2.45, 2.75) is 0 Å². The van der Waals surface area contributed by atoms with Crippen LogP contribution in [0.1, 0.15) is 0 Å². The van der Waals surface area contributed by atoms with E-state index in [0.29, 0.717) is 11.5 Å². The van der Waals surface area contributed by atoms with Gasteiger partial charge in [0.25, 0.3) is 0 Å². The van der Waals surface area contributed by atoms with Crippen LogP contribution in [-0.4, -0.2) is 25.2 Å². The third-order valence-electron chi connectivity index (χ3n) is 3.24. The first-order chi connectivity index (χ1) is 10.9. The van der Waals surface area contributed by atoms with Crippen LogP contribution in [0, 0.1) is 0 Å². The molecule has 0 bridgehead atoms. The van der Waals surface area contributed by atoms with E-state index in [2.05, 4.69) is 43.3 Å². The summed E-state index contributed by atoms with van der Waals surface area (Å²) in [5, 5.41) is 16.8. The Morgan fingerprint density at radius 3 is 2.77 bits per heavy atom. The van der Waals surface area contributed by atoms with E-state index in [4.69, 9.17) is 0 Å². The number of hydrogen-bond acceptors (Lipinski definition) is 5. The minimum Gasteiger partial charge on any atom is -0.253 e. The first-order valence-corrected chi connectivity index (χ1v) is 7.69. The average Bonchev–Trinajstić information content (AvgIpc) is 3.28. The van der Waals surface area contributed by atoms with Crippen LogP contribution < -0.4 is 0 Å². The molecule has 6 heteroatoms. The molecule has 0 aliphatic carbocycles. The Kier molecular flexibility index (Phi) is 3.21. The number of tetrazole rings is 1. The second-order valence-electron chi connectivity index (χ2n) is 4.68. The average molecular weight is 305 g/mol. The van der Waals surface area contributed by atoms with E-state index >= 15 is 0 Å². The lowest BCUT2D eigenvalue weighted by Gasteiger charge is -2.02. The lowest BCUT2D eigenvalue weighted by atomic mass is 10.1. The van der Waals surface area contributed by atoms with Crippen molar-refractivity contribution in [3.8, 4) is 28.3 Å². The standard InChI is InChI=1S/C16H11N5S/c1-2-8-17-15(6-1)16-18-20-21(19-16)14-5-3-4-12(10-14)13-7-9-22-11-13/h1-11H. The molecule has 0 saturated heterocycles. The summed E-state index contributed by atoms with van der Waals surface area (Å²) in [4.78, 5) is 5.76. The smallest absolute Gasteiger partial charge is 0.223 e. The Labute approximate surface area is 130 Å². The van der Waals surface area contributed by atoms with Crippen molar-refractivity contribution in [2.24, 2.45) is 0 Å². The van der Waals surface area contributed by atoms with Gasteiger partial charge in [0.2, 0.25) is 5.82 Å². The molecule has 4 rings (SSSR count). The Hall–Kier alpha value is -2.86. The topological polar surface area (TPSA) is 56.5 Å². The molecule has 0 radical (unpaired) electrons. The van der Waals surface area contributed by atoms with Crippen molar-refractivity contribution in [1.29, 1.82) is 0 Å². The molecular weight excluding hydrogens is 294 g/mol. The molecule has 3 heterocycles. The summed E-state index contributed by atoms with van der Waals surface area (Å²) in [6, 6.07) is 15.8. The Bertz CT molecular complexity index is 884. The molecule has 0 saturated carbocycles. The number of thiophene rings is 1. The Morgan fingerprint density at radius 1 is 0.955 bits per heavy atom. The summed E-state index contributed by atoms with van der Waals surface area (Å²) in [7, 11) is 0. The first kappa shape index (κ1) is 12.8. The summed E-state index contributed by atoms with van der Waals surface area (Å²) in [6.07, 6.45) is 1.72. The molecule has 3 aromatic heterocycles. The number of hydrogen-bond donors (Lipinski definition) is 0. The van der Waals surface area contributed by atoms with E-state index in [-0.39, 0.29) is 0 Å². The highest BCUT2D eigenvalue weighted by atomic mass is 32.1. The van der Waals surface area contributed by atoms with Crippen LogP contribution in [0.2, 0.25) is 0 Å². The van der Waals surface area contributed by atoms with Gasteiger partial charge in [-0.25, -0.2) is 0 Å². The van der Waals surface area contributed by atoms with Crippen LogP contribution in [-0.2, 0) is 0 Å². The van der Waals surface area contributed by atoms with Gasteiger partial charge in [-0.3, -0.25) is 4.98 Å². The second kappa shape index (κ2) is 5.50. The highest BCUT2D eigenvalue weighted by molar-refractivity contribution is 7.08. The first-order valence-electron chi connectivity index (χ1n) is 6.74. The minimum absolute atomic E-state index is 0.515. The zero-order chi connectivity index (χ0) is 14.8.